The second kappa shape index (κ2) is 14.3. The van der Waals surface area contributed by atoms with Crippen molar-refractivity contribution in [2.45, 2.75) is 90.9 Å². The lowest BCUT2D eigenvalue weighted by Gasteiger charge is -2.32. The number of fused-ring (bicyclic) bond motifs is 4. The van der Waals surface area contributed by atoms with E-state index in [1.807, 2.05) is 6.20 Å². The smallest absolute Gasteiger partial charge is 0.137 e. The standard InChI is InChI=1S/C56H58N4/c1-53(2,3)41-32-42(34-43(33-41)58-37-59(50-27-19-18-26-49(50)58)48-25-17-15-23-46(48)54(4,5)6)56(9,10)39-28-29-45-44-22-14-16-24-47(44)60(51(45)35-39)52-36-40(30-31-57-52)55(7,8)38-20-12-11-13-21-38/h11-36H,37H2,1-10H3. The topological polar surface area (TPSA) is 24.3 Å². The first-order chi connectivity index (χ1) is 28.5. The molecule has 0 aliphatic carbocycles. The summed E-state index contributed by atoms with van der Waals surface area (Å²) in [4.78, 5) is 10.1. The van der Waals surface area contributed by atoms with Gasteiger partial charge in [-0.15, -0.1) is 0 Å². The molecule has 302 valence electrons. The van der Waals surface area contributed by atoms with Gasteiger partial charge in [0.15, 0.2) is 0 Å². The quantitative estimate of drug-likeness (QED) is 0.161. The Hall–Kier alpha value is -6.13. The van der Waals surface area contributed by atoms with Crippen molar-refractivity contribution in [3.05, 3.63) is 191 Å². The van der Waals surface area contributed by atoms with E-state index >= 15 is 0 Å². The van der Waals surface area contributed by atoms with Crippen LogP contribution in [-0.4, -0.2) is 16.2 Å². The van der Waals surface area contributed by atoms with Crippen molar-refractivity contribution in [3.63, 3.8) is 0 Å². The predicted octanol–water partition coefficient (Wildman–Crippen LogP) is 14.7. The highest BCUT2D eigenvalue weighted by molar-refractivity contribution is 6.09. The van der Waals surface area contributed by atoms with E-state index < -0.39 is 0 Å². The molecule has 4 heteroatoms. The average molecular weight is 787 g/mol. The molecule has 4 nitrogen and oxygen atoms in total. The number of rotatable bonds is 7. The van der Waals surface area contributed by atoms with E-state index in [2.05, 4.69) is 235 Å². The maximum absolute atomic E-state index is 5.05. The molecule has 3 heterocycles. The summed E-state index contributed by atoms with van der Waals surface area (Å²) in [7, 11) is 0. The minimum atomic E-state index is -0.326. The van der Waals surface area contributed by atoms with Crippen LogP contribution < -0.4 is 9.80 Å². The van der Waals surface area contributed by atoms with E-state index in [4.69, 9.17) is 4.98 Å². The van der Waals surface area contributed by atoms with Gasteiger partial charge in [0.25, 0.3) is 0 Å². The fourth-order valence-corrected chi connectivity index (χ4v) is 9.27. The first-order valence-corrected chi connectivity index (χ1v) is 21.5. The zero-order chi connectivity index (χ0) is 42.2. The molecule has 0 saturated carbocycles. The highest BCUT2D eigenvalue weighted by Gasteiger charge is 2.34. The number of aromatic nitrogens is 2. The predicted molar refractivity (Wildman–Crippen MR) is 255 cm³/mol. The third kappa shape index (κ3) is 6.67. The summed E-state index contributed by atoms with van der Waals surface area (Å²) in [5.74, 6) is 0.931. The van der Waals surface area contributed by atoms with Crippen LogP contribution in [0.15, 0.2) is 158 Å². The Kier molecular flexibility index (Phi) is 9.35. The van der Waals surface area contributed by atoms with E-state index in [0.717, 1.165) is 23.5 Å². The van der Waals surface area contributed by atoms with Gasteiger partial charge in [-0.05, 0) is 98.8 Å². The van der Waals surface area contributed by atoms with Crippen LogP contribution in [0.5, 0.6) is 0 Å². The minimum absolute atomic E-state index is 0.00667. The molecule has 0 amide bonds. The van der Waals surface area contributed by atoms with Crippen molar-refractivity contribution in [3.8, 4) is 5.82 Å². The summed E-state index contributed by atoms with van der Waals surface area (Å²) in [6, 6.07) is 56.2. The first kappa shape index (κ1) is 39.3. The summed E-state index contributed by atoms with van der Waals surface area (Å²) in [5, 5.41) is 2.46. The molecule has 0 bridgehead atoms. The van der Waals surface area contributed by atoms with Crippen LogP contribution in [0.2, 0.25) is 0 Å². The number of para-hydroxylation sites is 4. The largest absolute Gasteiger partial charge is 0.321 e. The van der Waals surface area contributed by atoms with Crippen LogP contribution >= 0.6 is 0 Å². The molecular weight excluding hydrogens is 729 g/mol. The minimum Gasteiger partial charge on any atom is -0.321 e. The molecule has 6 aromatic carbocycles. The Balaban J connectivity index is 1.17. The molecule has 0 radical (unpaired) electrons. The van der Waals surface area contributed by atoms with Crippen LogP contribution in [0.25, 0.3) is 27.6 Å². The normalized spacial score (nSPS) is 13.7. The maximum atomic E-state index is 5.05. The fraction of sp³-hybridized carbons (Fsp3) is 0.268. The van der Waals surface area contributed by atoms with Gasteiger partial charge in [-0.25, -0.2) is 4.98 Å². The van der Waals surface area contributed by atoms with Gasteiger partial charge in [0.2, 0.25) is 0 Å². The summed E-state index contributed by atoms with van der Waals surface area (Å²) in [6.07, 6.45) is 1.97. The van der Waals surface area contributed by atoms with Gasteiger partial charge in [0.1, 0.15) is 12.5 Å². The number of nitrogens with zero attached hydrogens (tertiary/aromatic N) is 4. The Morgan fingerprint density at radius 2 is 1.00 bits per heavy atom. The van der Waals surface area contributed by atoms with Crippen molar-refractivity contribution in [1.82, 2.24) is 9.55 Å². The highest BCUT2D eigenvalue weighted by atomic mass is 15.4. The van der Waals surface area contributed by atoms with Crippen molar-refractivity contribution in [1.29, 1.82) is 0 Å². The molecule has 0 fully saturated rings. The molecule has 8 aromatic rings. The number of anilines is 4. The number of hydrogen-bond acceptors (Lipinski definition) is 3. The lowest BCUT2D eigenvalue weighted by molar-refractivity contribution is 0.582. The lowest BCUT2D eigenvalue weighted by atomic mass is 9.75. The third-order valence-corrected chi connectivity index (χ3v) is 13.2. The average Bonchev–Trinajstić information content (AvgIpc) is 3.79. The van der Waals surface area contributed by atoms with Gasteiger partial charge in [-0.1, -0.05) is 166 Å². The Labute approximate surface area is 357 Å². The van der Waals surface area contributed by atoms with E-state index in [1.54, 1.807) is 0 Å². The van der Waals surface area contributed by atoms with Crippen molar-refractivity contribution in [2.24, 2.45) is 0 Å². The van der Waals surface area contributed by atoms with Crippen LogP contribution in [0.3, 0.4) is 0 Å². The Morgan fingerprint density at radius 3 is 1.72 bits per heavy atom. The molecule has 0 unspecified atom stereocenters. The summed E-state index contributed by atoms with van der Waals surface area (Å²) in [5.41, 5.74) is 14.4. The van der Waals surface area contributed by atoms with Gasteiger partial charge in [-0.2, -0.15) is 0 Å². The number of pyridine rings is 1. The molecule has 1 aliphatic rings. The molecule has 1 aliphatic heterocycles. The second-order valence-corrected chi connectivity index (χ2v) is 19.9. The second-order valence-electron chi connectivity index (χ2n) is 19.9. The van der Waals surface area contributed by atoms with Gasteiger partial charge in [0.05, 0.1) is 22.4 Å². The molecule has 0 saturated heterocycles. The third-order valence-electron chi connectivity index (χ3n) is 13.2. The van der Waals surface area contributed by atoms with E-state index in [0.29, 0.717) is 0 Å². The van der Waals surface area contributed by atoms with E-state index in [-0.39, 0.29) is 21.7 Å². The van der Waals surface area contributed by atoms with E-state index in [1.165, 1.54) is 66.9 Å². The van der Waals surface area contributed by atoms with Crippen LogP contribution in [-0.2, 0) is 21.7 Å². The molecule has 9 rings (SSSR count). The SMILES string of the molecule is CC(C)(C)c1cc(N2CN(c3ccccc3C(C)(C)C)c3ccccc32)cc(C(C)(C)c2ccc3c4ccccc4n(-c4cc(C(C)(C)c5ccccc5)ccn4)c3c2)c1. The molecule has 0 N–H and O–H groups in total. The van der Waals surface area contributed by atoms with Gasteiger partial charge in [0, 0.05) is 39.2 Å². The monoisotopic (exact) mass is 786 g/mol. The Morgan fingerprint density at radius 1 is 0.417 bits per heavy atom. The summed E-state index contributed by atoms with van der Waals surface area (Å²) >= 11 is 0. The van der Waals surface area contributed by atoms with Gasteiger partial charge < -0.3 is 9.80 Å². The lowest BCUT2D eigenvalue weighted by Crippen LogP contribution is -2.28. The number of benzene rings is 6. The molecule has 0 spiro atoms. The Bertz CT molecular complexity index is 2880. The fourth-order valence-electron chi connectivity index (χ4n) is 9.27. The maximum Gasteiger partial charge on any atom is 0.137 e. The van der Waals surface area contributed by atoms with Crippen LogP contribution in [0.1, 0.15) is 103 Å². The molecule has 2 aromatic heterocycles. The van der Waals surface area contributed by atoms with Crippen LogP contribution in [0.4, 0.5) is 22.7 Å². The highest BCUT2D eigenvalue weighted by Crippen LogP contribution is 2.48. The van der Waals surface area contributed by atoms with Crippen molar-refractivity contribution >= 4 is 44.6 Å². The van der Waals surface area contributed by atoms with E-state index in [9.17, 15) is 0 Å². The van der Waals surface area contributed by atoms with Crippen LogP contribution in [0, 0.1) is 0 Å². The summed E-state index contributed by atoms with van der Waals surface area (Å²) in [6.45, 7) is 24.0. The zero-order valence-electron chi connectivity index (χ0n) is 37.0. The molecular formula is C56H58N4. The van der Waals surface area contributed by atoms with Crippen molar-refractivity contribution < 1.29 is 0 Å². The van der Waals surface area contributed by atoms with Crippen molar-refractivity contribution in [2.75, 3.05) is 16.5 Å². The summed E-state index contributed by atoms with van der Waals surface area (Å²) < 4.78 is 2.37. The zero-order valence-corrected chi connectivity index (χ0v) is 37.0. The van der Waals surface area contributed by atoms with Gasteiger partial charge >= 0.3 is 0 Å². The first-order valence-electron chi connectivity index (χ1n) is 21.5. The molecule has 0 atom stereocenters. The number of hydrogen-bond donors (Lipinski definition) is 0. The van der Waals surface area contributed by atoms with Gasteiger partial charge in [-0.3, -0.25) is 4.57 Å². The molecule has 60 heavy (non-hydrogen) atoms.